The number of amides is 2. The molecule has 1 aromatic carbocycles. The lowest BCUT2D eigenvalue weighted by atomic mass is 9.85. The molecule has 6 nitrogen and oxygen atoms in total. The van der Waals surface area contributed by atoms with E-state index in [1.165, 1.54) is 28.7 Å². The SMILES string of the molecule is C[C@@H]1Cc2ccccc2N1C(=O)CSc1nnc(NC(=O)C2CCC2)s1. The molecule has 1 fully saturated rings. The fraction of sp³-hybridized carbons (Fsp3) is 0.444. The van der Waals surface area contributed by atoms with E-state index < -0.39 is 0 Å². The Kier molecular flexibility index (Phi) is 4.95. The summed E-state index contributed by atoms with van der Waals surface area (Å²) in [5.41, 5.74) is 2.23. The van der Waals surface area contributed by atoms with Gasteiger partial charge < -0.3 is 10.2 Å². The molecule has 26 heavy (non-hydrogen) atoms. The highest BCUT2D eigenvalue weighted by Crippen LogP contribution is 2.34. The minimum atomic E-state index is 0.0301. The minimum Gasteiger partial charge on any atom is -0.308 e. The number of thioether (sulfide) groups is 1. The Labute approximate surface area is 160 Å². The van der Waals surface area contributed by atoms with Crippen molar-refractivity contribution in [2.45, 2.75) is 43.0 Å². The maximum absolute atomic E-state index is 12.7. The number of hydrogen-bond donors (Lipinski definition) is 1. The van der Waals surface area contributed by atoms with Crippen molar-refractivity contribution in [1.29, 1.82) is 0 Å². The number of aromatic nitrogens is 2. The fourth-order valence-electron chi connectivity index (χ4n) is 3.34. The zero-order chi connectivity index (χ0) is 18.1. The van der Waals surface area contributed by atoms with Gasteiger partial charge in [-0.15, -0.1) is 10.2 Å². The second-order valence-corrected chi connectivity index (χ2v) is 8.92. The van der Waals surface area contributed by atoms with Gasteiger partial charge >= 0.3 is 0 Å². The smallest absolute Gasteiger partial charge is 0.237 e. The molecule has 8 heteroatoms. The summed E-state index contributed by atoms with van der Waals surface area (Å²) in [5.74, 6) is 0.530. The van der Waals surface area contributed by atoms with Gasteiger partial charge in [0.05, 0.1) is 5.75 Å². The van der Waals surface area contributed by atoms with E-state index in [-0.39, 0.29) is 23.8 Å². The molecule has 4 rings (SSSR count). The van der Waals surface area contributed by atoms with Crippen molar-refractivity contribution in [1.82, 2.24) is 10.2 Å². The summed E-state index contributed by atoms with van der Waals surface area (Å²) in [4.78, 5) is 26.5. The van der Waals surface area contributed by atoms with Gasteiger partial charge in [-0.3, -0.25) is 9.59 Å². The predicted octanol–water partition coefficient (Wildman–Crippen LogP) is 3.35. The molecule has 0 saturated heterocycles. The Bertz CT molecular complexity index is 834. The number of fused-ring (bicyclic) bond motifs is 1. The van der Waals surface area contributed by atoms with E-state index in [1.807, 2.05) is 23.1 Å². The van der Waals surface area contributed by atoms with Crippen molar-refractivity contribution < 1.29 is 9.59 Å². The number of nitrogens with zero attached hydrogens (tertiary/aromatic N) is 3. The number of benzene rings is 1. The summed E-state index contributed by atoms with van der Waals surface area (Å²) in [6.07, 6.45) is 3.92. The lowest BCUT2D eigenvalue weighted by molar-refractivity contribution is -0.122. The van der Waals surface area contributed by atoms with E-state index in [2.05, 4.69) is 28.5 Å². The fourth-order valence-corrected chi connectivity index (χ4v) is 4.95. The van der Waals surface area contributed by atoms with Gasteiger partial charge in [-0.2, -0.15) is 0 Å². The van der Waals surface area contributed by atoms with Crippen LogP contribution in [0.4, 0.5) is 10.8 Å². The van der Waals surface area contributed by atoms with Gasteiger partial charge in [-0.25, -0.2) is 0 Å². The number of carbonyl (C=O) groups excluding carboxylic acids is 2. The second kappa shape index (κ2) is 7.36. The Morgan fingerprint density at radius 3 is 2.88 bits per heavy atom. The zero-order valence-corrected chi connectivity index (χ0v) is 16.1. The number of para-hydroxylation sites is 1. The number of carbonyl (C=O) groups is 2. The van der Waals surface area contributed by atoms with Crippen LogP contribution in [0, 0.1) is 5.92 Å². The number of hydrogen-bond acceptors (Lipinski definition) is 6. The van der Waals surface area contributed by atoms with E-state index in [0.29, 0.717) is 15.2 Å². The molecular formula is C18H20N4O2S2. The number of nitrogens with one attached hydrogen (secondary N) is 1. The van der Waals surface area contributed by atoms with Gasteiger partial charge in [0.25, 0.3) is 0 Å². The molecule has 1 atom stereocenters. The predicted molar refractivity (Wildman–Crippen MR) is 104 cm³/mol. The molecule has 2 aromatic rings. The molecule has 1 N–H and O–H groups in total. The number of rotatable bonds is 5. The van der Waals surface area contributed by atoms with E-state index in [1.54, 1.807) is 0 Å². The van der Waals surface area contributed by atoms with Crippen LogP contribution in [0.5, 0.6) is 0 Å². The van der Waals surface area contributed by atoms with Crippen LogP contribution in [0.3, 0.4) is 0 Å². The maximum atomic E-state index is 12.7. The topological polar surface area (TPSA) is 75.2 Å². The largest absolute Gasteiger partial charge is 0.308 e. The van der Waals surface area contributed by atoms with Crippen LogP contribution < -0.4 is 10.2 Å². The van der Waals surface area contributed by atoms with Crippen LogP contribution >= 0.6 is 23.1 Å². The van der Waals surface area contributed by atoms with Gasteiger partial charge in [0.2, 0.25) is 16.9 Å². The third kappa shape index (κ3) is 3.48. The van der Waals surface area contributed by atoms with Crippen LogP contribution in [0.15, 0.2) is 28.6 Å². The van der Waals surface area contributed by atoms with Crippen molar-refractivity contribution in [2.24, 2.45) is 5.92 Å². The molecule has 2 aliphatic rings. The van der Waals surface area contributed by atoms with Crippen molar-refractivity contribution in [3.63, 3.8) is 0 Å². The Hall–Kier alpha value is -1.93. The molecule has 1 aliphatic heterocycles. The highest BCUT2D eigenvalue weighted by Gasteiger charge is 2.30. The summed E-state index contributed by atoms with van der Waals surface area (Å²) >= 11 is 2.69. The van der Waals surface area contributed by atoms with Gasteiger partial charge in [-0.1, -0.05) is 47.7 Å². The zero-order valence-electron chi connectivity index (χ0n) is 14.5. The lowest BCUT2D eigenvalue weighted by Gasteiger charge is -2.23. The van der Waals surface area contributed by atoms with Crippen molar-refractivity contribution in [2.75, 3.05) is 16.0 Å². The van der Waals surface area contributed by atoms with Crippen LogP contribution in [0.1, 0.15) is 31.7 Å². The minimum absolute atomic E-state index is 0.0301. The highest BCUT2D eigenvalue weighted by atomic mass is 32.2. The van der Waals surface area contributed by atoms with E-state index in [9.17, 15) is 9.59 Å². The third-order valence-corrected chi connectivity index (χ3v) is 6.86. The van der Waals surface area contributed by atoms with E-state index in [4.69, 9.17) is 0 Å². The van der Waals surface area contributed by atoms with Crippen molar-refractivity contribution >= 4 is 45.7 Å². The van der Waals surface area contributed by atoms with Gasteiger partial charge in [0.15, 0.2) is 4.34 Å². The molecule has 1 aromatic heterocycles. The molecule has 0 bridgehead atoms. The normalized spacial score (nSPS) is 19.1. The molecule has 1 aliphatic carbocycles. The standard InChI is InChI=1S/C18H20N4O2S2/c1-11-9-13-5-2-3-8-14(13)22(11)15(23)10-25-18-21-20-17(26-18)19-16(24)12-6-4-7-12/h2-3,5,8,11-12H,4,6-7,9-10H2,1H3,(H,19,20,24)/t11-/m1/s1. The average Bonchev–Trinajstić information content (AvgIpc) is 3.14. The summed E-state index contributed by atoms with van der Waals surface area (Å²) in [6.45, 7) is 2.07. The van der Waals surface area contributed by atoms with Gasteiger partial charge in [0.1, 0.15) is 0 Å². The summed E-state index contributed by atoms with van der Waals surface area (Å²) in [7, 11) is 0. The first kappa shape index (κ1) is 17.5. The summed E-state index contributed by atoms with van der Waals surface area (Å²) in [5, 5.41) is 11.4. The van der Waals surface area contributed by atoms with Crippen LogP contribution in [-0.4, -0.2) is 33.8 Å². The summed E-state index contributed by atoms with van der Waals surface area (Å²) < 4.78 is 0.697. The molecule has 2 amide bonds. The van der Waals surface area contributed by atoms with Gasteiger partial charge in [0, 0.05) is 17.6 Å². The maximum Gasteiger partial charge on any atom is 0.237 e. The highest BCUT2D eigenvalue weighted by molar-refractivity contribution is 8.01. The Morgan fingerprint density at radius 2 is 2.12 bits per heavy atom. The quantitative estimate of drug-likeness (QED) is 0.628. The monoisotopic (exact) mass is 388 g/mol. The Balaban J connectivity index is 1.34. The van der Waals surface area contributed by atoms with Crippen LogP contribution in [0.25, 0.3) is 0 Å². The van der Waals surface area contributed by atoms with Gasteiger partial charge in [-0.05, 0) is 37.8 Å². The molecule has 1 saturated carbocycles. The van der Waals surface area contributed by atoms with Crippen LogP contribution in [0.2, 0.25) is 0 Å². The van der Waals surface area contributed by atoms with Crippen molar-refractivity contribution in [3.05, 3.63) is 29.8 Å². The van der Waals surface area contributed by atoms with E-state index in [0.717, 1.165) is 31.4 Å². The lowest BCUT2D eigenvalue weighted by Crippen LogP contribution is -2.36. The number of anilines is 2. The molecule has 0 unspecified atom stereocenters. The molecule has 136 valence electrons. The second-order valence-electron chi connectivity index (χ2n) is 6.72. The third-order valence-electron chi connectivity index (χ3n) is 4.91. The van der Waals surface area contributed by atoms with E-state index >= 15 is 0 Å². The van der Waals surface area contributed by atoms with Crippen LogP contribution in [-0.2, 0) is 16.0 Å². The first-order valence-electron chi connectivity index (χ1n) is 8.79. The average molecular weight is 389 g/mol. The molecule has 0 spiro atoms. The molecular weight excluding hydrogens is 368 g/mol. The van der Waals surface area contributed by atoms with Crippen molar-refractivity contribution in [3.8, 4) is 0 Å². The molecule has 2 heterocycles. The summed E-state index contributed by atoms with van der Waals surface area (Å²) in [6, 6.07) is 8.22. The molecule has 0 radical (unpaired) electrons. The first-order chi connectivity index (χ1) is 12.6. The first-order valence-corrected chi connectivity index (χ1v) is 10.6. The Morgan fingerprint density at radius 1 is 1.31 bits per heavy atom.